The summed E-state index contributed by atoms with van der Waals surface area (Å²) in [4.78, 5) is 0. The molecule has 0 saturated heterocycles. The standard InChI is InChI=1S/C29H37.C12H19.C3H6.2ClH.Zr/c1-21-14-13-15-22-20-27(6)25(4)18-10-9-16-23(25,2)24(3)17-11-12-19-26(24,5)29(27,8)28(21,22)7;1-5-6-10-7-8-11(9-10)12(2,3)4;1-3-2;;;/h9-20,22H,1-8H3;8-10H,5-6H2,1-4H3;1-2H3;2*1H;/q2*-1;;;;+2/p-2. The van der Waals surface area contributed by atoms with Gasteiger partial charge in [-0.3, -0.25) is 6.08 Å². The van der Waals surface area contributed by atoms with Crippen LogP contribution < -0.4 is 24.8 Å². The van der Waals surface area contributed by atoms with Crippen LogP contribution in [0.5, 0.6) is 0 Å². The fourth-order valence-corrected chi connectivity index (χ4v) is 10.7. The molecule has 0 heterocycles. The quantitative estimate of drug-likeness (QED) is 0.298. The first-order valence-corrected chi connectivity index (χ1v) is 18.7. The van der Waals surface area contributed by atoms with E-state index in [9.17, 15) is 0 Å². The molecule has 2 fully saturated rings. The van der Waals surface area contributed by atoms with E-state index in [0.717, 1.165) is 0 Å². The molecule has 0 amide bonds. The topological polar surface area (TPSA) is 0 Å². The largest absolute Gasteiger partial charge is 1.00 e. The van der Waals surface area contributed by atoms with Crippen molar-refractivity contribution in [2.24, 2.45) is 55.2 Å². The van der Waals surface area contributed by atoms with Crippen LogP contribution in [-0.4, -0.2) is 3.21 Å². The zero-order valence-corrected chi connectivity index (χ0v) is 35.9. The maximum Gasteiger partial charge on any atom is -1.00 e. The summed E-state index contributed by atoms with van der Waals surface area (Å²) in [7, 11) is 0. The Hall–Kier alpha value is -0.747. The molecule has 0 aromatic rings. The molecule has 2 saturated carbocycles. The molecule has 0 aliphatic heterocycles. The zero-order chi connectivity index (χ0) is 33.9. The molecule has 0 N–H and O–H groups in total. The van der Waals surface area contributed by atoms with Gasteiger partial charge in [0.25, 0.3) is 0 Å². The van der Waals surface area contributed by atoms with Crippen LogP contribution in [0.25, 0.3) is 0 Å². The Kier molecular flexibility index (Phi) is 12.7. The molecule has 0 aromatic carbocycles. The third-order valence-electron chi connectivity index (χ3n) is 14.3. The van der Waals surface area contributed by atoms with Crippen LogP contribution in [0, 0.1) is 67.7 Å². The maximum atomic E-state index is 3.40. The number of hydrogen-bond acceptors (Lipinski definition) is 0. The van der Waals surface area contributed by atoms with Crippen molar-refractivity contribution in [3.8, 4) is 0 Å². The van der Waals surface area contributed by atoms with Crippen LogP contribution in [0.4, 0.5) is 0 Å². The van der Waals surface area contributed by atoms with E-state index in [-0.39, 0.29) is 62.7 Å². The predicted molar refractivity (Wildman–Crippen MR) is 194 cm³/mol. The molecule has 6 aliphatic rings. The van der Waals surface area contributed by atoms with Crippen molar-refractivity contribution in [2.45, 2.75) is 110 Å². The fraction of sp³-hybridized carbons (Fsp3) is 0.591. The molecule has 0 bridgehead atoms. The summed E-state index contributed by atoms with van der Waals surface area (Å²) in [6, 6.07) is 0. The normalized spacial score (nSPS) is 42.9. The summed E-state index contributed by atoms with van der Waals surface area (Å²) in [5.41, 5.74) is 3.48. The monoisotopic (exact) mass is 750 g/mol. The molecule has 0 spiro atoms. The predicted octanol–water partition coefficient (Wildman–Crippen LogP) is 6.15. The Bertz CT molecular complexity index is 1440. The van der Waals surface area contributed by atoms with Crippen LogP contribution in [0.1, 0.15) is 110 Å². The van der Waals surface area contributed by atoms with Crippen molar-refractivity contribution in [2.75, 3.05) is 0 Å². The van der Waals surface area contributed by atoms with E-state index in [4.69, 9.17) is 0 Å². The van der Waals surface area contributed by atoms with Crippen LogP contribution in [0.3, 0.4) is 0 Å². The Morgan fingerprint density at radius 1 is 0.809 bits per heavy atom. The van der Waals surface area contributed by atoms with Crippen LogP contribution >= 0.6 is 0 Å². The van der Waals surface area contributed by atoms with Gasteiger partial charge in [-0.25, -0.2) is 6.08 Å². The van der Waals surface area contributed by atoms with Gasteiger partial charge in [-0.15, -0.1) is 17.4 Å². The van der Waals surface area contributed by atoms with E-state index in [1.54, 1.807) is 24.2 Å². The smallest absolute Gasteiger partial charge is 1.00 e. The van der Waals surface area contributed by atoms with E-state index < -0.39 is 0 Å². The van der Waals surface area contributed by atoms with Gasteiger partial charge in [0.05, 0.1) is 0 Å². The van der Waals surface area contributed by atoms with Crippen LogP contribution in [0.2, 0.25) is 0 Å². The van der Waals surface area contributed by atoms with Gasteiger partial charge in [0, 0.05) is 10.8 Å². The Morgan fingerprint density at radius 2 is 1.28 bits per heavy atom. The minimum atomic E-state index is 0. The Morgan fingerprint density at radius 3 is 1.74 bits per heavy atom. The summed E-state index contributed by atoms with van der Waals surface area (Å²) in [5.74, 6) is 1.05. The van der Waals surface area contributed by atoms with E-state index in [1.165, 1.54) is 27.2 Å². The number of allylic oxidation sites excluding steroid dienone is 16. The second-order valence-electron chi connectivity index (χ2n) is 17.3. The van der Waals surface area contributed by atoms with Crippen LogP contribution in [-0.2, 0) is 24.2 Å². The zero-order valence-electron chi connectivity index (χ0n) is 31.9. The minimum Gasteiger partial charge on any atom is -1.00 e. The Balaban J connectivity index is 0.000000359. The van der Waals surface area contributed by atoms with Gasteiger partial charge in [-0.05, 0) is 28.6 Å². The molecule has 47 heavy (non-hydrogen) atoms. The minimum absolute atomic E-state index is 0. The third kappa shape index (κ3) is 5.76. The first-order valence-electron chi connectivity index (χ1n) is 17.5. The molecule has 9 unspecified atom stereocenters. The summed E-state index contributed by atoms with van der Waals surface area (Å²) in [5, 5.41) is 0. The maximum absolute atomic E-state index is 3.40. The molecule has 6 aliphatic carbocycles. The molecular weight excluding hydrogens is 691 g/mol. The van der Waals surface area contributed by atoms with Crippen molar-refractivity contribution >= 4 is 3.21 Å². The first-order chi connectivity index (χ1) is 20.7. The van der Waals surface area contributed by atoms with Gasteiger partial charge in [-0.1, -0.05) is 167 Å². The number of fused-ring (bicyclic) bond motifs is 8. The van der Waals surface area contributed by atoms with E-state index in [0.29, 0.717) is 17.3 Å². The second kappa shape index (κ2) is 14.1. The molecule has 0 radical (unpaired) electrons. The SMILES string of the molecule is CC1=CC=CC2[CH-]C3(C)C4(C)C=CC=CC4(C)C4(C)C=CC=CC4(C)C3(C)C12C.CCCC1[C-]=CC(C(C)(C)C)=C1.C[C](C)=[Zr+2].[Cl-].[Cl-]. The van der Waals surface area contributed by atoms with Gasteiger partial charge >= 0.3 is 41.3 Å². The summed E-state index contributed by atoms with van der Waals surface area (Å²) in [6.07, 6.45) is 39.7. The first kappa shape index (κ1) is 42.4. The van der Waals surface area contributed by atoms with Gasteiger partial charge in [0.15, 0.2) is 0 Å². The summed E-state index contributed by atoms with van der Waals surface area (Å²) < 4.78 is 1.51. The third-order valence-corrected chi connectivity index (χ3v) is 14.3. The molecule has 0 nitrogen and oxygen atoms in total. The van der Waals surface area contributed by atoms with Crippen molar-refractivity contribution < 1.29 is 49.0 Å². The second-order valence-corrected chi connectivity index (χ2v) is 19.7. The van der Waals surface area contributed by atoms with Crippen molar-refractivity contribution in [3.05, 3.63) is 103 Å². The summed E-state index contributed by atoms with van der Waals surface area (Å²) in [6.45, 7) is 33.5. The molecule has 3 heteroatoms. The van der Waals surface area contributed by atoms with E-state index >= 15 is 0 Å². The van der Waals surface area contributed by atoms with Crippen LogP contribution in [0.15, 0.2) is 90.1 Å². The molecule has 9 atom stereocenters. The van der Waals surface area contributed by atoms with Gasteiger partial charge < -0.3 is 31.2 Å². The molecule has 258 valence electrons. The van der Waals surface area contributed by atoms with Gasteiger partial charge in [0.1, 0.15) is 0 Å². The summed E-state index contributed by atoms with van der Waals surface area (Å²) >= 11 is 1.55. The van der Waals surface area contributed by atoms with Crippen molar-refractivity contribution in [1.29, 1.82) is 0 Å². The average Bonchev–Trinajstić information content (AvgIpc) is 3.50. The molecule has 0 aromatic heterocycles. The molecule has 6 rings (SSSR count). The van der Waals surface area contributed by atoms with E-state index in [1.807, 2.05) is 0 Å². The number of hydrogen-bond donors (Lipinski definition) is 0. The molecular formula is C44H62Cl2Zr-2. The Labute approximate surface area is 317 Å². The van der Waals surface area contributed by atoms with E-state index in [2.05, 4.69) is 188 Å². The average molecular weight is 753 g/mol. The van der Waals surface area contributed by atoms with Crippen molar-refractivity contribution in [3.63, 3.8) is 0 Å². The number of rotatable bonds is 2. The fourth-order valence-electron chi connectivity index (χ4n) is 10.7. The van der Waals surface area contributed by atoms with Gasteiger partial charge in [-0.2, -0.15) is 11.6 Å². The van der Waals surface area contributed by atoms with Gasteiger partial charge in [0.2, 0.25) is 0 Å². The van der Waals surface area contributed by atoms with Crippen molar-refractivity contribution in [1.82, 2.24) is 0 Å². The number of halogens is 2.